The molecule has 6 aromatic carbocycles. The lowest BCUT2D eigenvalue weighted by Gasteiger charge is -2.42. The minimum absolute atomic E-state index is 0.281. The average Bonchev–Trinajstić information content (AvgIpc) is 2.95. The molecule has 0 unspecified atom stereocenters. The van der Waals surface area contributed by atoms with Crippen molar-refractivity contribution in [1.29, 1.82) is 0 Å². The molecule has 0 saturated carbocycles. The van der Waals surface area contributed by atoms with E-state index in [0.717, 1.165) is 11.0 Å². The van der Waals surface area contributed by atoms with Gasteiger partial charge in [0.25, 0.3) is 0 Å². The molecule has 2 nitrogen and oxygen atoms in total. The molecule has 0 radical (unpaired) electrons. The summed E-state index contributed by atoms with van der Waals surface area (Å²) in [4.78, 5) is 0. The Morgan fingerprint density at radius 1 is 0.487 bits per heavy atom. The number of benzene rings is 6. The maximum absolute atomic E-state index is 8.39. The van der Waals surface area contributed by atoms with Crippen molar-refractivity contribution in [2.45, 2.75) is 6.82 Å². The van der Waals surface area contributed by atoms with Crippen molar-refractivity contribution in [2.24, 2.45) is 0 Å². The van der Waals surface area contributed by atoms with Crippen LogP contribution >= 0.6 is 0 Å². The molecule has 6 rings (SSSR count). The van der Waals surface area contributed by atoms with Crippen molar-refractivity contribution in [3.8, 4) is 0 Å². The smallest absolute Gasteiger partial charge is 0.101 e. The van der Waals surface area contributed by atoms with E-state index in [9.17, 15) is 0 Å². The van der Waals surface area contributed by atoms with Crippen molar-refractivity contribution in [3.05, 3.63) is 127 Å². The van der Waals surface area contributed by atoms with Gasteiger partial charge < -0.3 is 9.59 Å². The van der Waals surface area contributed by atoms with Gasteiger partial charge in [-0.15, -0.1) is 0 Å². The van der Waals surface area contributed by atoms with Gasteiger partial charge in [0.2, 0.25) is 0 Å². The first kappa shape index (κ1) is 26.7. The predicted molar refractivity (Wildman–Crippen MR) is 172 cm³/mol. The Hall–Kier alpha value is -3.92. The fourth-order valence-corrected chi connectivity index (χ4v) is 6.06. The lowest BCUT2D eigenvalue weighted by atomic mass is 9.16. The summed E-state index contributed by atoms with van der Waals surface area (Å²) in [6.07, 6.45) is -1.25. The highest BCUT2D eigenvalue weighted by Crippen LogP contribution is 2.23. The van der Waals surface area contributed by atoms with Gasteiger partial charge in [-0.25, -0.2) is 0 Å². The predicted octanol–water partition coefficient (Wildman–Crippen LogP) is 5.93. The fourth-order valence-electron chi connectivity index (χ4n) is 6.06. The summed E-state index contributed by atoms with van der Waals surface area (Å²) >= 11 is 0. The number of fused-ring (bicyclic) bond motifs is 3. The molecule has 3 heteroatoms. The van der Waals surface area contributed by atoms with Gasteiger partial charge in [-0.1, -0.05) is 144 Å². The first-order valence-corrected chi connectivity index (χ1v) is 13.9. The van der Waals surface area contributed by atoms with Gasteiger partial charge in [-0.3, -0.25) is 0 Å². The van der Waals surface area contributed by atoms with E-state index in [1.165, 1.54) is 48.7 Å². The van der Waals surface area contributed by atoms with Crippen molar-refractivity contribution in [2.75, 3.05) is 34.3 Å². The molecule has 1 N–H and O–H groups in total. The Kier molecular flexibility index (Phi) is 7.57. The van der Waals surface area contributed by atoms with E-state index in [0.29, 0.717) is 0 Å². The second kappa shape index (κ2) is 11.1. The number of likely N-dealkylation sites (N-methyl/N-ethyl adjacent to an activating group) is 1. The molecule has 0 aliphatic heterocycles. The summed E-state index contributed by atoms with van der Waals surface area (Å²) in [6.45, 7) is 3.58. The standard InChI is InChI=1S/C31H24B.C5H14NO/c1-32(29-20-8-14-23-11-2-5-17-26(23)29,30-21-9-15-24-12-3-6-18-27(24)30)31-22-10-16-25-13-4-7-19-28(25)31;1-6(2,3)4-5-7/h2-22H,1H3;7H,4-5H2,1-3H3/q-1;+1. The number of hydrogen-bond acceptors (Lipinski definition) is 1. The molecule has 0 aliphatic rings. The van der Waals surface area contributed by atoms with Gasteiger partial charge in [-0.05, 0) is 16.2 Å². The van der Waals surface area contributed by atoms with Crippen LogP contribution in [0.2, 0.25) is 6.82 Å². The second-order valence-electron chi connectivity index (χ2n) is 11.7. The van der Waals surface area contributed by atoms with E-state index in [1.54, 1.807) is 0 Å². The molecule has 0 spiro atoms. The molecular formula is C36H38BNO. The van der Waals surface area contributed by atoms with Crippen molar-refractivity contribution < 1.29 is 9.59 Å². The molecule has 0 atom stereocenters. The Labute approximate surface area is 232 Å². The van der Waals surface area contributed by atoms with E-state index < -0.39 is 6.15 Å². The summed E-state index contributed by atoms with van der Waals surface area (Å²) in [5.41, 5.74) is 4.20. The molecule has 0 aromatic heterocycles. The monoisotopic (exact) mass is 511 g/mol. The van der Waals surface area contributed by atoms with E-state index in [2.05, 4.69) is 155 Å². The number of rotatable bonds is 5. The number of quaternary nitrogens is 1. The van der Waals surface area contributed by atoms with E-state index in [1.807, 2.05) is 0 Å². The molecular weight excluding hydrogens is 473 g/mol. The topological polar surface area (TPSA) is 20.2 Å². The quantitative estimate of drug-likeness (QED) is 0.225. The van der Waals surface area contributed by atoms with Crippen LogP contribution in [0.4, 0.5) is 0 Å². The highest BCUT2D eigenvalue weighted by Gasteiger charge is 2.29. The minimum Gasteiger partial charge on any atom is -0.391 e. The Balaban J connectivity index is 0.000000392. The van der Waals surface area contributed by atoms with Crippen LogP contribution in [-0.4, -0.2) is 50.0 Å². The molecule has 0 fully saturated rings. The van der Waals surface area contributed by atoms with Gasteiger partial charge in [0.05, 0.1) is 33.9 Å². The van der Waals surface area contributed by atoms with Crippen molar-refractivity contribution >= 4 is 54.9 Å². The fraction of sp³-hybridized carbons (Fsp3) is 0.167. The summed E-state index contributed by atoms with van der Waals surface area (Å²) in [6, 6.07) is 46.7. The largest absolute Gasteiger partial charge is 0.391 e. The highest BCUT2D eigenvalue weighted by molar-refractivity contribution is 7.13. The number of hydrogen-bond donors (Lipinski definition) is 1. The minimum atomic E-state index is -1.25. The van der Waals surface area contributed by atoms with Gasteiger partial charge in [0.1, 0.15) is 6.54 Å². The summed E-state index contributed by atoms with van der Waals surface area (Å²) in [5, 5.41) is 16.3. The highest BCUT2D eigenvalue weighted by atomic mass is 16.3. The van der Waals surface area contributed by atoms with Crippen LogP contribution in [0, 0.1) is 0 Å². The van der Waals surface area contributed by atoms with Crippen molar-refractivity contribution in [1.82, 2.24) is 0 Å². The van der Waals surface area contributed by atoms with Crippen LogP contribution in [-0.2, 0) is 0 Å². The Bertz CT molecular complexity index is 1530. The third-order valence-electron chi connectivity index (χ3n) is 8.11. The summed E-state index contributed by atoms with van der Waals surface area (Å²) in [5.74, 6) is 0. The second-order valence-corrected chi connectivity index (χ2v) is 11.7. The van der Waals surface area contributed by atoms with E-state index in [4.69, 9.17) is 5.11 Å². The molecule has 6 aromatic rings. The zero-order valence-electron chi connectivity index (χ0n) is 23.5. The van der Waals surface area contributed by atoms with Crippen LogP contribution in [0.15, 0.2) is 127 Å². The maximum atomic E-state index is 8.39. The Morgan fingerprint density at radius 2 is 0.795 bits per heavy atom. The molecule has 0 heterocycles. The number of aliphatic hydroxyl groups excluding tert-OH is 1. The molecule has 196 valence electrons. The first-order chi connectivity index (χ1) is 18.8. The van der Waals surface area contributed by atoms with E-state index >= 15 is 0 Å². The van der Waals surface area contributed by atoms with Crippen LogP contribution < -0.4 is 16.4 Å². The zero-order chi connectivity index (χ0) is 27.5. The molecule has 0 amide bonds. The number of nitrogens with zero attached hydrogens (tertiary/aromatic N) is 1. The third kappa shape index (κ3) is 5.34. The molecule has 0 bridgehead atoms. The molecule has 39 heavy (non-hydrogen) atoms. The van der Waals surface area contributed by atoms with Crippen LogP contribution in [0.3, 0.4) is 0 Å². The molecule has 0 saturated heterocycles. The lowest BCUT2D eigenvalue weighted by molar-refractivity contribution is -0.870. The Morgan fingerprint density at radius 3 is 1.08 bits per heavy atom. The van der Waals surface area contributed by atoms with Gasteiger partial charge in [-0.2, -0.15) is 23.2 Å². The van der Waals surface area contributed by atoms with Crippen LogP contribution in [0.5, 0.6) is 0 Å². The summed E-state index contributed by atoms with van der Waals surface area (Å²) < 4.78 is 0.844. The van der Waals surface area contributed by atoms with Crippen LogP contribution in [0.25, 0.3) is 32.3 Å². The maximum Gasteiger partial charge on any atom is 0.101 e. The zero-order valence-corrected chi connectivity index (χ0v) is 23.5. The van der Waals surface area contributed by atoms with Gasteiger partial charge in [0, 0.05) is 0 Å². The van der Waals surface area contributed by atoms with Gasteiger partial charge in [0.15, 0.2) is 0 Å². The third-order valence-corrected chi connectivity index (χ3v) is 8.11. The lowest BCUT2D eigenvalue weighted by Crippen LogP contribution is -2.65. The summed E-state index contributed by atoms with van der Waals surface area (Å²) in [7, 11) is 6.16. The van der Waals surface area contributed by atoms with E-state index in [-0.39, 0.29) is 6.61 Å². The average molecular weight is 512 g/mol. The van der Waals surface area contributed by atoms with Gasteiger partial charge >= 0.3 is 0 Å². The normalized spacial score (nSPS) is 11.9. The molecule has 0 aliphatic carbocycles. The SMILES string of the molecule is C[B-](c1cccc2ccccc12)(c1cccc2ccccc12)c1cccc2ccccc12.C[N+](C)(C)CCO. The van der Waals surface area contributed by atoms with Crippen LogP contribution in [0.1, 0.15) is 0 Å². The first-order valence-electron chi connectivity index (χ1n) is 13.9. The number of aliphatic hydroxyl groups is 1. The van der Waals surface area contributed by atoms with Crippen molar-refractivity contribution in [3.63, 3.8) is 0 Å².